The zero-order valence-electron chi connectivity index (χ0n) is 11.7. The topological polar surface area (TPSA) is 73.6 Å². The Kier molecular flexibility index (Phi) is 4.31. The first-order valence-electron chi connectivity index (χ1n) is 6.65. The summed E-state index contributed by atoms with van der Waals surface area (Å²) in [5.41, 5.74) is 0.927. The summed E-state index contributed by atoms with van der Waals surface area (Å²) in [6.45, 7) is -0.546. The van der Waals surface area contributed by atoms with Crippen LogP contribution in [0.15, 0.2) is 51.8 Å². The normalized spacial score (nSPS) is 16.3. The minimum atomic E-state index is -1.35. The number of carbonyl (C=O) groups is 2. The number of carbonyl (C=O) groups excluding carboxylic acids is 2. The lowest BCUT2D eigenvalue weighted by atomic mass is 10.2. The number of aliphatic carboxylic acids is 1. The van der Waals surface area contributed by atoms with Crippen molar-refractivity contribution in [3.8, 4) is 11.3 Å². The molecule has 5 nitrogen and oxygen atoms in total. The zero-order valence-corrected chi connectivity index (χ0v) is 13.4. The Morgan fingerprint density at radius 1 is 1.26 bits per heavy atom. The van der Waals surface area contributed by atoms with Crippen LogP contribution >= 0.6 is 24.0 Å². The molecule has 1 aliphatic heterocycles. The summed E-state index contributed by atoms with van der Waals surface area (Å²) in [5.74, 6) is -0.631. The molecule has 1 aliphatic rings. The maximum absolute atomic E-state index is 12.1. The van der Waals surface area contributed by atoms with E-state index < -0.39 is 18.4 Å². The van der Waals surface area contributed by atoms with E-state index in [1.165, 1.54) is 0 Å². The SMILES string of the molecule is O=C([O-])CN1C(=O)/C(=C\c2ccc(-c3ccccc3)o2)SC1=S. The molecular weight excluding hydrogens is 334 g/mol. The third kappa shape index (κ3) is 3.35. The van der Waals surface area contributed by atoms with Crippen LogP contribution in [0, 0.1) is 0 Å². The highest BCUT2D eigenvalue weighted by Gasteiger charge is 2.32. The van der Waals surface area contributed by atoms with E-state index in [0.717, 1.165) is 22.2 Å². The van der Waals surface area contributed by atoms with Crippen molar-refractivity contribution in [3.63, 3.8) is 0 Å². The van der Waals surface area contributed by atoms with Crippen LogP contribution in [-0.2, 0) is 9.59 Å². The van der Waals surface area contributed by atoms with Crippen LogP contribution in [0.4, 0.5) is 0 Å². The number of thiocarbonyl (C=S) groups is 1. The van der Waals surface area contributed by atoms with Crippen LogP contribution < -0.4 is 5.11 Å². The predicted molar refractivity (Wildman–Crippen MR) is 89.0 cm³/mol. The van der Waals surface area contributed by atoms with Crippen molar-refractivity contribution in [2.75, 3.05) is 6.54 Å². The van der Waals surface area contributed by atoms with Gasteiger partial charge in [-0.1, -0.05) is 54.3 Å². The van der Waals surface area contributed by atoms with Gasteiger partial charge in [-0.05, 0) is 12.1 Å². The van der Waals surface area contributed by atoms with Gasteiger partial charge in [0.05, 0.1) is 17.4 Å². The number of carboxylic acids is 1. The smallest absolute Gasteiger partial charge is 0.266 e. The van der Waals surface area contributed by atoms with Gasteiger partial charge >= 0.3 is 0 Å². The van der Waals surface area contributed by atoms with Gasteiger partial charge < -0.3 is 14.3 Å². The van der Waals surface area contributed by atoms with Crippen LogP contribution in [0.1, 0.15) is 5.76 Å². The second kappa shape index (κ2) is 6.39. The van der Waals surface area contributed by atoms with Gasteiger partial charge in [-0.15, -0.1) is 0 Å². The molecule has 0 unspecified atom stereocenters. The monoisotopic (exact) mass is 344 g/mol. The molecule has 23 heavy (non-hydrogen) atoms. The second-order valence-electron chi connectivity index (χ2n) is 4.71. The van der Waals surface area contributed by atoms with E-state index in [1.807, 2.05) is 36.4 Å². The summed E-state index contributed by atoms with van der Waals surface area (Å²) >= 11 is 6.06. The number of carboxylic acid groups (broad SMARTS) is 1. The molecule has 2 aromatic rings. The van der Waals surface area contributed by atoms with E-state index in [0.29, 0.717) is 16.4 Å². The van der Waals surface area contributed by atoms with E-state index in [9.17, 15) is 14.7 Å². The predicted octanol–water partition coefficient (Wildman–Crippen LogP) is 1.90. The molecule has 0 atom stereocenters. The van der Waals surface area contributed by atoms with Crippen LogP contribution in [0.25, 0.3) is 17.4 Å². The lowest BCUT2D eigenvalue weighted by molar-refractivity contribution is -0.305. The average molecular weight is 344 g/mol. The minimum Gasteiger partial charge on any atom is -0.548 e. The number of hydrogen-bond acceptors (Lipinski definition) is 6. The van der Waals surface area contributed by atoms with Gasteiger partial charge in [0.15, 0.2) is 0 Å². The Morgan fingerprint density at radius 2 is 2.00 bits per heavy atom. The van der Waals surface area contributed by atoms with Crippen LogP contribution in [0.2, 0.25) is 0 Å². The van der Waals surface area contributed by atoms with Crippen molar-refractivity contribution in [1.29, 1.82) is 0 Å². The molecule has 1 fully saturated rings. The first-order chi connectivity index (χ1) is 11.0. The molecule has 0 spiro atoms. The summed E-state index contributed by atoms with van der Waals surface area (Å²) in [4.78, 5) is 24.1. The van der Waals surface area contributed by atoms with Gasteiger partial charge in [-0.3, -0.25) is 9.69 Å². The Morgan fingerprint density at radius 3 is 2.70 bits per heavy atom. The number of hydrogen-bond donors (Lipinski definition) is 0. The quantitative estimate of drug-likeness (QED) is 0.623. The molecule has 7 heteroatoms. The highest BCUT2D eigenvalue weighted by molar-refractivity contribution is 8.26. The number of amides is 1. The first-order valence-corrected chi connectivity index (χ1v) is 7.87. The van der Waals surface area contributed by atoms with Crippen LogP contribution in [-0.4, -0.2) is 27.6 Å². The maximum Gasteiger partial charge on any atom is 0.266 e. The standard InChI is InChI=1S/C16H11NO4S2/c18-14(19)9-17-15(20)13(23-16(17)22)8-11-6-7-12(21-11)10-4-2-1-3-5-10/h1-8H,9H2,(H,18,19)/p-1/b13-8+. The van der Waals surface area contributed by atoms with Gasteiger partial charge in [0.1, 0.15) is 15.8 Å². The van der Waals surface area contributed by atoms with Gasteiger partial charge in [0.2, 0.25) is 0 Å². The summed E-state index contributed by atoms with van der Waals surface area (Å²) in [5, 5.41) is 10.7. The zero-order chi connectivity index (χ0) is 16.4. The van der Waals surface area contributed by atoms with Gasteiger partial charge in [0.25, 0.3) is 5.91 Å². The first kappa shape index (κ1) is 15.5. The maximum atomic E-state index is 12.1. The number of nitrogens with zero attached hydrogens (tertiary/aromatic N) is 1. The third-order valence-corrected chi connectivity index (χ3v) is 4.50. The number of furan rings is 1. The Labute approximate surface area is 141 Å². The molecule has 1 saturated heterocycles. The number of rotatable bonds is 4. The molecule has 2 heterocycles. The third-order valence-electron chi connectivity index (χ3n) is 3.12. The van der Waals surface area contributed by atoms with Gasteiger partial charge in [0, 0.05) is 11.6 Å². The largest absolute Gasteiger partial charge is 0.548 e. The molecule has 0 bridgehead atoms. The second-order valence-corrected chi connectivity index (χ2v) is 6.38. The molecule has 0 N–H and O–H groups in total. The van der Waals surface area contributed by atoms with Crippen molar-refractivity contribution in [2.24, 2.45) is 0 Å². The van der Waals surface area contributed by atoms with Crippen LogP contribution in [0.5, 0.6) is 0 Å². The van der Waals surface area contributed by atoms with E-state index in [2.05, 4.69) is 0 Å². The van der Waals surface area contributed by atoms with Gasteiger partial charge in [-0.2, -0.15) is 0 Å². The number of thioether (sulfide) groups is 1. The van der Waals surface area contributed by atoms with Gasteiger partial charge in [-0.25, -0.2) is 0 Å². The molecular formula is C16H10NO4S2-. The molecule has 3 rings (SSSR count). The molecule has 0 aliphatic carbocycles. The molecule has 116 valence electrons. The summed E-state index contributed by atoms with van der Waals surface area (Å²) < 4.78 is 5.89. The average Bonchev–Trinajstić information content (AvgIpc) is 3.09. The van der Waals surface area contributed by atoms with E-state index in [1.54, 1.807) is 12.1 Å². The fourth-order valence-electron chi connectivity index (χ4n) is 2.08. The van der Waals surface area contributed by atoms with Crippen molar-refractivity contribution in [2.45, 2.75) is 0 Å². The van der Waals surface area contributed by atoms with Crippen molar-refractivity contribution in [3.05, 3.63) is 53.1 Å². The molecule has 0 radical (unpaired) electrons. The van der Waals surface area contributed by atoms with Crippen LogP contribution in [0.3, 0.4) is 0 Å². The van der Waals surface area contributed by atoms with E-state index in [4.69, 9.17) is 16.6 Å². The molecule has 1 aromatic carbocycles. The Hall–Kier alpha value is -2.38. The molecule has 0 saturated carbocycles. The van der Waals surface area contributed by atoms with E-state index in [-0.39, 0.29) is 4.32 Å². The Bertz CT molecular complexity index is 810. The fraction of sp³-hybridized carbons (Fsp3) is 0.0625. The minimum absolute atomic E-state index is 0.195. The summed E-state index contributed by atoms with van der Waals surface area (Å²) in [7, 11) is 0. The molecule has 1 amide bonds. The Balaban J connectivity index is 1.83. The number of benzene rings is 1. The van der Waals surface area contributed by atoms with Crippen molar-refractivity contribution in [1.82, 2.24) is 4.90 Å². The van der Waals surface area contributed by atoms with E-state index >= 15 is 0 Å². The summed E-state index contributed by atoms with van der Waals surface area (Å²) in [6, 6.07) is 13.1. The highest BCUT2D eigenvalue weighted by Crippen LogP contribution is 2.33. The fourth-order valence-corrected chi connectivity index (χ4v) is 3.32. The lowest BCUT2D eigenvalue weighted by Gasteiger charge is -2.14. The summed E-state index contributed by atoms with van der Waals surface area (Å²) in [6.07, 6.45) is 1.56. The highest BCUT2D eigenvalue weighted by atomic mass is 32.2. The lowest BCUT2D eigenvalue weighted by Crippen LogP contribution is -2.40. The molecule has 1 aromatic heterocycles. The van der Waals surface area contributed by atoms with Crippen molar-refractivity contribution >= 4 is 46.3 Å². The van der Waals surface area contributed by atoms with Crippen molar-refractivity contribution < 1.29 is 19.1 Å².